The Morgan fingerprint density at radius 3 is 2.48 bits per heavy atom. The topological polar surface area (TPSA) is 132 Å². The highest BCUT2D eigenvalue weighted by atomic mass is 31.3. The largest absolute Gasteiger partial charge is 0.535 e. The Hall–Kier alpha value is -0.500. The maximum Gasteiger partial charge on any atom is 0.535 e. The van der Waals surface area contributed by atoms with Crippen LogP contribution in [0.2, 0.25) is 0 Å². The van der Waals surface area contributed by atoms with Crippen molar-refractivity contribution in [2.45, 2.75) is 26.7 Å². The Morgan fingerprint density at radius 2 is 1.91 bits per heavy atom. The Balaban J connectivity index is 4.14. The van der Waals surface area contributed by atoms with Crippen molar-refractivity contribution in [1.29, 1.82) is 0 Å². The molecular formula is C12H24O9P2. The van der Waals surface area contributed by atoms with E-state index in [1.165, 1.54) is 6.08 Å². The minimum Gasteiger partial charge on any atom is -0.412 e. The molecule has 23 heavy (non-hydrogen) atoms. The van der Waals surface area contributed by atoms with Gasteiger partial charge in [0.25, 0.3) is 0 Å². The SMILES string of the molecule is COCOCC(C)CCC=C(C)/C=C/OP(=O)(O)OP(=O)(O)O. The van der Waals surface area contributed by atoms with E-state index >= 15 is 0 Å². The van der Waals surface area contributed by atoms with Gasteiger partial charge in [0.15, 0.2) is 0 Å². The molecule has 2 atom stereocenters. The van der Waals surface area contributed by atoms with Crippen molar-refractivity contribution >= 4 is 15.6 Å². The van der Waals surface area contributed by atoms with Gasteiger partial charge in [-0.2, -0.15) is 4.31 Å². The van der Waals surface area contributed by atoms with Gasteiger partial charge in [0.2, 0.25) is 0 Å². The smallest absolute Gasteiger partial charge is 0.412 e. The van der Waals surface area contributed by atoms with Crippen LogP contribution >= 0.6 is 15.6 Å². The van der Waals surface area contributed by atoms with E-state index in [0.717, 1.165) is 24.7 Å². The van der Waals surface area contributed by atoms with Crippen molar-refractivity contribution < 1.29 is 42.1 Å². The Kier molecular flexibility index (Phi) is 10.9. The number of methoxy groups -OCH3 is 1. The summed E-state index contributed by atoms with van der Waals surface area (Å²) in [5, 5.41) is 0. The number of ether oxygens (including phenoxy) is 2. The second-order valence-corrected chi connectivity index (χ2v) is 7.64. The highest BCUT2D eigenvalue weighted by molar-refractivity contribution is 7.60. The summed E-state index contributed by atoms with van der Waals surface area (Å²) in [5.41, 5.74) is 0.756. The van der Waals surface area contributed by atoms with Gasteiger partial charge in [0.1, 0.15) is 6.79 Å². The molecule has 0 aromatic heterocycles. The third-order valence-corrected chi connectivity index (χ3v) is 4.53. The number of hydrogen-bond acceptors (Lipinski definition) is 6. The van der Waals surface area contributed by atoms with Crippen LogP contribution in [0, 0.1) is 5.92 Å². The predicted molar refractivity (Wildman–Crippen MR) is 83.2 cm³/mol. The average molecular weight is 374 g/mol. The molecule has 0 aromatic carbocycles. The summed E-state index contributed by atoms with van der Waals surface area (Å²) in [6, 6.07) is 0. The molecule has 0 aromatic rings. The second-order valence-electron chi connectivity index (χ2n) is 4.86. The summed E-state index contributed by atoms with van der Waals surface area (Å²) in [7, 11) is -8.38. The molecule has 0 saturated carbocycles. The highest BCUT2D eigenvalue weighted by Crippen LogP contribution is 2.57. The maximum absolute atomic E-state index is 11.2. The molecule has 11 heteroatoms. The molecule has 0 radical (unpaired) electrons. The zero-order chi connectivity index (χ0) is 17.9. The monoisotopic (exact) mass is 374 g/mol. The molecule has 0 fully saturated rings. The van der Waals surface area contributed by atoms with E-state index in [4.69, 9.17) is 24.2 Å². The highest BCUT2D eigenvalue weighted by Gasteiger charge is 2.32. The molecule has 0 spiro atoms. The van der Waals surface area contributed by atoms with Crippen LogP contribution in [0.4, 0.5) is 0 Å². The van der Waals surface area contributed by atoms with Gasteiger partial charge in [-0.3, -0.25) is 4.89 Å². The van der Waals surface area contributed by atoms with Crippen LogP contribution in [0.15, 0.2) is 24.0 Å². The molecule has 0 bridgehead atoms. The lowest BCUT2D eigenvalue weighted by Gasteiger charge is -2.10. The Labute approximate surface area is 135 Å². The number of phosphoric ester groups is 1. The summed E-state index contributed by atoms with van der Waals surface area (Å²) in [6.45, 7) is 4.64. The van der Waals surface area contributed by atoms with Crippen LogP contribution < -0.4 is 0 Å². The van der Waals surface area contributed by atoms with E-state index in [0.29, 0.717) is 12.5 Å². The lowest BCUT2D eigenvalue weighted by molar-refractivity contribution is -0.0421. The van der Waals surface area contributed by atoms with Crippen molar-refractivity contribution in [3.63, 3.8) is 0 Å². The van der Waals surface area contributed by atoms with Gasteiger partial charge in [-0.05, 0) is 31.8 Å². The first-order valence-corrected chi connectivity index (χ1v) is 9.76. The molecular weight excluding hydrogens is 350 g/mol. The summed E-state index contributed by atoms with van der Waals surface area (Å²) in [5.74, 6) is 0.351. The molecule has 136 valence electrons. The van der Waals surface area contributed by atoms with E-state index in [1.807, 2.05) is 13.0 Å². The Bertz CT molecular complexity index is 483. The number of phosphoric acid groups is 2. The summed E-state index contributed by atoms with van der Waals surface area (Å²) >= 11 is 0. The van der Waals surface area contributed by atoms with E-state index in [1.54, 1.807) is 14.0 Å². The van der Waals surface area contributed by atoms with Crippen LogP contribution in [0.1, 0.15) is 26.7 Å². The first kappa shape index (κ1) is 22.5. The molecule has 9 nitrogen and oxygen atoms in total. The van der Waals surface area contributed by atoms with Crippen molar-refractivity contribution in [2.24, 2.45) is 5.92 Å². The lowest BCUT2D eigenvalue weighted by atomic mass is 10.1. The third kappa shape index (κ3) is 14.8. The van der Waals surface area contributed by atoms with Gasteiger partial charge in [0.05, 0.1) is 12.9 Å². The van der Waals surface area contributed by atoms with Crippen molar-refractivity contribution in [2.75, 3.05) is 20.5 Å². The quantitative estimate of drug-likeness (QED) is 0.155. The number of hydrogen-bond donors (Lipinski definition) is 3. The summed E-state index contributed by atoms with van der Waals surface area (Å²) in [4.78, 5) is 25.9. The van der Waals surface area contributed by atoms with Crippen molar-refractivity contribution in [1.82, 2.24) is 0 Å². The fraction of sp³-hybridized carbons (Fsp3) is 0.667. The lowest BCUT2D eigenvalue weighted by Crippen LogP contribution is -2.07. The van der Waals surface area contributed by atoms with E-state index < -0.39 is 15.6 Å². The van der Waals surface area contributed by atoms with E-state index in [-0.39, 0.29) is 6.79 Å². The zero-order valence-electron chi connectivity index (χ0n) is 13.3. The first-order valence-electron chi connectivity index (χ1n) is 6.74. The molecule has 0 aliphatic rings. The third-order valence-electron chi connectivity index (χ3n) is 2.46. The molecule has 0 heterocycles. The summed E-state index contributed by atoms with van der Waals surface area (Å²) in [6.07, 6.45) is 5.78. The zero-order valence-corrected chi connectivity index (χ0v) is 15.1. The van der Waals surface area contributed by atoms with Gasteiger partial charge in [-0.15, -0.1) is 0 Å². The standard InChI is InChI=1S/C12H24O9P2/c1-11(5-4-6-12(2)9-19-10-18-3)7-8-20-23(16,17)21-22(13,14)15/h5,7-8,12H,4,6,9-10H2,1-3H3,(H,16,17)(H2,13,14,15)/b8-7+,11-5?. The molecule has 2 unspecified atom stereocenters. The molecule has 0 rings (SSSR count). The second kappa shape index (κ2) is 11.1. The van der Waals surface area contributed by atoms with Crippen LogP contribution in [0.5, 0.6) is 0 Å². The number of allylic oxidation sites excluding steroid dienone is 3. The number of rotatable bonds is 12. The van der Waals surface area contributed by atoms with Gasteiger partial charge in [-0.25, -0.2) is 9.13 Å². The van der Waals surface area contributed by atoms with Gasteiger partial charge in [-0.1, -0.05) is 18.6 Å². The minimum absolute atomic E-state index is 0.261. The summed E-state index contributed by atoms with van der Waals surface area (Å²) < 4.78 is 39.6. The fourth-order valence-corrected chi connectivity index (χ4v) is 2.89. The molecule has 3 N–H and O–H groups in total. The van der Waals surface area contributed by atoms with Crippen LogP contribution in [-0.4, -0.2) is 35.2 Å². The molecule has 0 saturated heterocycles. The maximum atomic E-state index is 11.2. The van der Waals surface area contributed by atoms with Gasteiger partial charge >= 0.3 is 15.6 Å². The normalized spacial score (nSPS) is 17.2. The van der Waals surface area contributed by atoms with Crippen molar-refractivity contribution in [3.8, 4) is 0 Å². The fourth-order valence-electron chi connectivity index (χ4n) is 1.45. The van der Waals surface area contributed by atoms with Gasteiger partial charge in [0, 0.05) is 7.11 Å². The predicted octanol–water partition coefficient (Wildman–Crippen LogP) is 2.71. The average Bonchev–Trinajstić information content (AvgIpc) is 2.35. The van der Waals surface area contributed by atoms with E-state index in [2.05, 4.69) is 8.83 Å². The first-order chi connectivity index (χ1) is 10.6. The molecule has 0 aliphatic carbocycles. The van der Waals surface area contributed by atoms with E-state index in [9.17, 15) is 9.13 Å². The van der Waals surface area contributed by atoms with Crippen LogP contribution in [-0.2, 0) is 27.4 Å². The van der Waals surface area contributed by atoms with Crippen molar-refractivity contribution in [3.05, 3.63) is 24.0 Å². The molecule has 0 amide bonds. The van der Waals surface area contributed by atoms with Crippen LogP contribution in [0.25, 0.3) is 0 Å². The van der Waals surface area contributed by atoms with Crippen LogP contribution in [0.3, 0.4) is 0 Å². The minimum atomic E-state index is -5.10. The Morgan fingerprint density at radius 1 is 1.26 bits per heavy atom. The van der Waals surface area contributed by atoms with Gasteiger partial charge < -0.3 is 23.8 Å². The molecule has 0 aliphatic heterocycles.